The molecule has 0 aromatic heterocycles. The minimum absolute atomic E-state index is 0. The molecule has 25 heavy (non-hydrogen) atoms. The summed E-state index contributed by atoms with van der Waals surface area (Å²) in [4.78, 5) is 13.9. The van der Waals surface area contributed by atoms with E-state index in [1.807, 2.05) is 0 Å². The number of alkyl halides is 3. The van der Waals surface area contributed by atoms with Crippen molar-refractivity contribution in [2.75, 3.05) is 26.2 Å². The van der Waals surface area contributed by atoms with Crippen molar-refractivity contribution < 1.29 is 22.7 Å². The van der Waals surface area contributed by atoms with E-state index in [4.69, 9.17) is 0 Å². The summed E-state index contributed by atoms with van der Waals surface area (Å²) in [6, 6.07) is 4.58. The number of nitrogens with one attached hydrogen (secondary N) is 1. The lowest BCUT2D eigenvalue weighted by molar-refractivity contribution is -0.274. The average Bonchev–Trinajstić information content (AvgIpc) is 2.55. The Balaban J connectivity index is 0.00000312. The average molecular weight is 381 g/mol. The van der Waals surface area contributed by atoms with Crippen LogP contribution in [0.4, 0.5) is 13.2 Å². The molecule has 2 rings (SSSR count). The summed E-state index contributed by atoms with van der Waals surface area (Å²) in [5, 5.41) is 3.23. The lowest BCUT2D eigenvalue weighted by Gasteiger charge is -2.25. The van der Waals surface area contributed by atoms with Gasteiger partial charge in [0.25, 0.3) is 5.91 Å². The van der Waals surface area contributed by atoms with Crippen molar-refractivity contribution in [2.24, 2.45) is 0 Å². The van der Waals surface area contributed by atoms with Crippen LogP contribution in [0.3, 0.4) is 0 Å². The van der Waals surface area contributed by atoms with Gasteiger partial charge < -0.3 is 15.0 Å². The molecule has 0 radical (unpaired) electrons. The number of carbonyl (C=O) groups excluding carboxylic acids is 1. The summed E-state index contributed by atoms with van der Waals surface area (Å²) < 4.78 is 42.5. The zero-order valence-electron chi connectivity index (χ0n) is 14.4. The van der Waals surface area contributed by atoms with E-state index < -0.39 is 18.0 Å². The molecule has 1 saturated heterocycles. The van der Waals surface area contributed by atoms with E-state index in [0.29, 0.717) is 13.1 Å². The summed E-state index contributed by atoms with van der Waals surface area (Å²) in [6.07, 6.45) is -3.12. The first-order chi connectivity index (χ1) is 11.4. The second kappa shape index (κ2) is 9.29. The van der Waals surface area contributed by atoms with Crippen LogP contribution < -0.4 is 10.1 Å². The number of amides is 1. The largest absolute Gasteiger partial charge is 0.573 e. The van der Waals surface area contributed by atoms with Crippen molar-refractivity contribution in [2.45, 2.75) is 39.0 Å². The number of hydrogen-bond acceptors (Lipinski definition) is 3. The zero-order chi connectivity index (χ0) is 17.7. The molecule has 1 heterocycles. The lowest BCUT2D eigenvalue weighted by atomic mass is 9.89. The van der Waals surface area contributed by atoms with E-state index in [9.17, 15) is 18.0 Å². The molecule has 1 aromatic rings. The molecule has 1 amide bonds. The molecule has 4 nitrogen and oxygen atoms in total. The molecule has 0 aliphatic carbocycles. The molecule has 1 N–H and O–H groups in total. The Morgan fingerprint density at radius 1 is 1.24 bits per heavy atom. The maximum atomic E-state index is 12.8. The van der Waals surface area contributed by atoms with Crippen LogP contribution in [0.15, 0.2) is 18.2 Å². The summed E-state index contributed by atoms with van der Waals surface area (Å²) in [5.74, 6) is -0.675. The third-order valence-electron chi connectivity index (χ3n) is 4.32. The van der Waals surface area contributed by atoms with Gasteiger partial charge in [-0.05, 0) is 63.4 Å². The molecule has 142 valence electrons. The van der Waals surface area contributed by atoms with Gasteiger partial charge in [-0.25, -0.2) is 0 Å². The van der Waals surface area contributed by atoms with Crippen molar-refractivity contribution in [3.8, 4) is 5.75 Å². The molecular formula is C17H24ClF3N2O2. The molecule has 0 unspecified atom stereocenters. The second-order valence-electron chi connectivity index (χ2n) is 5.81. The molecule has 1 fully saturated rings. The Bertz CT molecular complexity index is 572. The normalized spacial score (nSPS) is 15.4. The Labute approximate surface area is 152 Å². The molecule has 8 heteroatoms. The van der Waals surface area contributed by atoms with Crippen molar-refractivity contribution in [3.05, 3.63) is 29.3 Å². The number of benzene rings is 1. The number of halogens is 4. The summed E-state index contributed by atoms with van der Waals surface area (Å²) >= 11 is 0. The molecule has 1 aromatic carbocycles. The van der Waals surface area contributed by atoms with Crippen LogP contribution in [0.25, 0.3) is 0 Å². The Hall–Kier alpha value is -1.47. The van der Waals surface area contributed by atoms with Gasteiger partial charge in [-0.2, -0.15) is 0 Å². The van der Waals surface area contributed by atoms with Gasteiger partial charge in [-0.1, -0.05) is 6.07 Å². The van der Waals surface area contributed by atoms with Gasteiger partial charge in [0.1, 0.15) is 5.75 Å². The van der Waals surface area contributed by atoms with E-state index in [0.717, 1.165) is 31.5 Å². The molecule has 0 saturated carbocycles. The number of ether oxygens (including phenoxy) is 1. The monoisotopic (exact) mass is 380 g/mol. The van der Waals surface area contributed by atoms with Gasteiger partial charge in [0, 0.05) is 13.1 Å². The summed E-state index contributed by atoms with van der Waals surface area (Å²) in [6.45, 7) is 6.10. The molecule has 1 aliphatic rings. The Kier molecular flexibility index (Phi) is 8.02. The van der Waals surface area contributed by atoms with Crippen LogP contribution >= 0.6 is 12.4 Å². The van der Waals surface area contributed by atoms with Gasteiger partial charge in [-0.15, -0.1) is 25.6 Å². The van der Waals surface area contributed by atoms with E-state index in [2.05, 4.69) is 10.1 Å². The number of rotatable bonds is 5. The fourth-order valence-electron chi connectivity index (χ4n) is 3.02. The number of piperidine rings is 1. The Morgan fingerprint density at radius 3 is 2.36 bits per heavy atom. The highest BCUT2D eigenvalue weighted by atomic mass is 35.5. The molecule has 0 atom stereocenters. The topological polar surface area (TPSA) is 41.6 Å². The van der Waals surface area contributed by atoms with Crippen LogP contribution in [-0.2, 0) is 0 Å². The minimum atomic E-state index is -4.83. The third kappa shape index (κ3) is 5.78. The van der Waals surface area contributed by atoms with Crippen molar-refractivity contribution in [1.82, 2.24) is 10.2 Å². The molecule has 1 aliphatic heterocycles. The van der Waals surface area contributed by atoms with Crippen LogP contribution in [-0.4, -0.2) is 43.3 Å². The van der Waals surface area contributed by atoms with Crippen molar-refractivity contribution in [1.29, 1.82) is 0 Å². The molecular weight excluding hydrogens is 357 g/mol. The molecule has 0 bridgehead atoms. The third-order valence-corrected chi connectivity index (χ3v) is 4.32. The maximum absolute atomic E-state index is 12.8. The van der Waals surface area contributed by atoms with Crippen LogP contribution in [0.5, 0.6) is 5.75 Å². The summed E-state index contributed by atoms with van der Waals surface area (Å²) in [5.41, 5.74) is 0.737. The smallest absolute Gasteiger partial charge is 0.405 e. The van der Waals surface area contributed by atoms with Gasteiger partial charge in [-0.3, -0.25) is 4.79 Å². The van der Waals surface area contributed by atoms with Crippen LogP contribution in [0, 0.1) is 0 Å². The van der Waals surface area contributed by atoms with Crippen molar-refractivity contribution >= 4 is 18.3 Å². The quantitative estimate of drug-likeness (QED) is 0.840. The molecule has 0 spiro atoms. The maximum Gasteiger partial charge on any atom is 0.573 e. The first-order valence-electron chi connectivity index (χ1n) is 8.25. The number of carbonyl (C=O) groups is 1. The highest BCUT2D eigenvalue weighted by Crippen LogP contribution is 2.33. The highest BCUT2D eigenvalue weighted by Gasteiger charge is 2.34. The SMILES string of the molecule is CCN(CC)C(=O)c1ccc(C2CCNCC2)cc1OC(F)(F)F.Cl. The van der Waals surface area contributed by atoms with E-state index >= 15 is 0 Å². The summed E-state index contributed by atoms with van der Waals surface area (Å²) in [7, 11) is 0. The van der Waals surface area contributed by atoms with Gasteiger partial charge in [0.05, 0.1) is 5.56 Å². The lowest BCUT2D eigenvalue weighted by Crippen LogP contribution is -2.31. The van der Waals surface area contributed by atoms with Gasteiger partial charge >= 0.3 is 6.36 Å². The standard InChI is InChI=1S/C17H23F3N2O2.ClH/c1-3-22(4-2)16(23)14-6-5-13(12-7-9-21-10-8-12)11-15(14)24-17(18,19)20;/h5-6,11-12,21H,3-4,7-10H2,1-2H3;1H. The van der Waals surface area contributed by atoms with Gasteiger partial charge in [0.2, 0.25) is 0 Å². The van der Waals surface area contributed by atoms with E-state index in [1.54, 1.807) is 19.9 Å². The van der Waals surface area contributed by atoms with Crippen LogP contribution in [0.2, 0.25) is 0 Å². The van der Waals surface area contributed by atoms with E-state index in [-0.39, 0.29) is 23.9 Å². The fraction of sp³-hybridized carbons (Fsp3) is 0.588. The highest BCUT2D eigenvalue weighted by molar-refractivity contribution is 5.97. The fourth-order valence-corrected chi connectivity index (χ4v) is 3.02. The van der Waals surface area contributed by atoms with Gasteiger partial charge in [0.15, 0.2) is 0 Å². The predicted molar refractivity (Wildman–Crippen MR) is 92.5 cm³/mol. The number of hydrogen-bond donors (Lipinski definition) is 1. The second-order valence-corrected chi connectivity index (χ2v) is 5.81. The van der Waals surface area contributed by atoms with Crippen molar-refractivity contribution in [3.63, 3.8) is 0 Å². The minimum Gasteiger partial charge on any atom is -0.405 e. The predicted octanol–water partition coefficient (Wildman–Crippen LogP) is 3.96. The van der Waals surface area contributed by atoms with E-state index in [1.165, 1.54) is 17.0 Å². The first-order valence-corrected chi connectivity index (χ1v) is 8.25. The number of nitrogens with zero attached hydrogens (tertiary/aromatic N) is 1. The zero-order valence-corrected chi connectivity index (χ0v) is 15.2. The first kappa shape index (κ1) is 21.6. The Morgan fingerprint density at radius 2 is 1.84 bits per heavy atom. The van der Waals surface area contributed by atoms with Crippen LogP contribution in [0.1, 0.15) is 48.5 Å².